The molecule has 0 bridgehead atoms. The quantitative estimate of drug-likeness (QED) is 0.802. The number of nitrogens with two attached hydrogens (primary N) is 1. The van der Waals surface area contributed by atoms with Gasteiger partial charge in [-0.2, -0.15) is 0 Å². The summed E-state index contributed by atoms with van der Waals surface area (Å²) >= 11 is 0. The number of fused-ring (bicyclic) bond motifs is 1. The Hall–Kier alpha value is -1.62. The summed E-state index contributed by atoms with van der Waals surface area (Å²) in [5.74, 6) is 1.88. The predicted molar refractivity (Wildman–Crippen MR) is 65.6 cm³/mol. The lowest BCUT2D eigenvalue weighted by molar-refractivity contribution is 0.796. The van der Waals surface area contributed by atoms with E-state index in [0.29, 0.717) is 6.54 Å². The number of pyridine rings is 1. The summed E-state index contributed by atoms with van der Waals surface area (Å²) in [5, 5.41) is 0. The first-order valence-corrected chi connectivity index (χ1v) is 5.43. The molecule has 0 spiro atoms. The summed E-state index contributed by atoms with van der Waals surface area (Å²) in [4.78, 5) is 14.1. The molecule has 0 amide bonds. The van der Waals surface area contributed by atoms with Gasteiger partial charge in [-0.1, -0.05) is 0 Å². The maximum Gasteiger partial charge on any atom is 0.179 e. The van der Waals surface area contributed by atoms with E-state index in [1.165, 1.54) is 0 Å². The van der Waals surface area contributed by atoms with Gasteiger partial charge < -0.3 is 15.6 Å². The van der Waals surface area contributed by atoms with Gasteiger partial charge in [0.05, 0.1) is 5.52 Å². The van der Waals surface area contributed by atoms with Crippen LogP contribution in [0.5, 0.6) is 0 Å². The zero-order valence-electron chi connectivity index (χ0n) is 9.70. The average Bonchev–Trinajstić information content (AvgIpc) is 2.67. The third kappa shape index (κ3) is 2.14. The third-order valence-corrected chi connectivity index (χ3v) is 2.46. The lowest BCUT2D eigenvalue weighted by Crippen LogP contribution is -2.10. The van der Waals surface area contributed by atoms with Gasteiger partial charge in [0.2, 0.25) is 0 Å². The molecule has 2 heterocycles. The SMILES string of the molecule is CN(C)c1ccc2[nH]c(CCCN)nc2n1. The summed E-state index contributed by atoms with van der Waals surface area (Å²) < 4.78 is 0. The van der Waals surface area contributed by atoms with Crippen molar-refractivity contribution in [2.75, 3.05) is 25.5 Å². The van der Waals surface area contributed by atoms with Crippen molar-refractivity contribution in [1.29, 1.82) is 0 Å². The van der Waals surface area contributed by atoms with E-state index in [1.54, 1.807) is 0 Å². The van der Waals surface area contributed by atoms with Crippen molar-refractivity contribution in [1.82, 2.24) is 15.0 Å². The smallest absolute Gasteiger partial charge is 0.179 e. The van der Waals surface area contributed by atoms with Crippen LogP contribution in [0, 0.1) is 0 Å². The molecule has 0 atom stereocenters. The Bertz CT molecular complexity index is 474. The number of hydrogen-bond acceptors (Lipinski definition) is 4. The Balaban J connectivity index is 2.30. The van der Waals surface area contributed by atoms with Gasteiger partial charge in [0.15, 0.2) is 5.65 Å². The minimum absolute atomic E-state index is 0.688. The molecule has 0 radical (unpaired) electrons. The first-order valence-electron chi connectivity index (χ1n) is 5.43. The largest absolute Gasteiger partial charge is 0.363 e. The first kappa shape index (κ1) is 10.9. The molecule has 5 nitrogen and oxygen atoms in total. The Labute approximate surface area is 94.7 Å². The van der Waals surface area contributed by atoms with Crippen molar-refractivity contribution < 1.29 is 0 Å². The van der Waals surface area contributed by atoms with Crippen LogP contribution in [0.15, 0.2) is 12.1 Å². The van der Waals surface area contributed by atoms with Crippen LogP contribution in [0.2, 0.25) is 0 Å². The maximum atomic E-state index is 5.47. The van der Waals surface area contributed by atoms with Crippen molar-refractivity contribution in [2.24, 2.45) is 5.73 Å². The molecule has 0 fully saturated rings. The molecule has 5 heteroatoms. The van der Waals surface area contributed by atoms with E-state index in [1.807, 2.05) is 31.1 Å². The summed E-state index contributed by atoms with van der Waals surface area (Å²) in [5.41, 5.74) is 7.23. The Morgan fingerprint density at radius 2 is 2.12 bits per heavy atom. The third-order valence-electron chi connectivity index (χ3n) is 2.46. The van der Waals surface area contributed by atoms with Gasteiger partial charge >= 0.3 is 0 Å². The Kier molecular flexibility index (Phi) is 3.05. The fourth-order valence-corrected chi connectivity index (χ4v) is 1.57. The van der Waals surface area contributed by atoms with E-state index in [0.717, 1.165) is 35.6 Å². The van der Waals surface area contributed by atoms with E-state index < -0.39 is 0 Å². The number of aryl methyl sites for hydroxylation is 1. The number of nitrogens with zero attached hydrogens (tertiary/aromatic N) is 3. The molecule has 0 saturated heterocycles. The van der Waals surface area contributed by atoms with Crippen molar-refractivity contribution >= 4 is 17.0 Å². The van der Waals surface area contributed by atoms with Crippen molar-refractivity contribution in [3.63, 3.8) is 0 Å². The van der Waals surface area contributed by atoms with Crippen molar-refractivity contribution in [2.45, 2.75) is 12.8 Å². The monoisotopic (exact) mass is 219 g/mol. The Morgan fingerprint density at radius 1 is 1.31 bits per heavy atom. The molecule has 2 rings (SSSR count). The highest BCUT2D eigenvalue weighted by Gasteiger charge is 2.05. The number of aromatic nitrogens is 3. The van der Waals surface area contributed by atoms with E-state index in [2.05, 4.69) is 15.0 Å². The van der Waals surface area contributed by atoms with Gasteiger partial charge in [0, 0.05) is 20.5 Å². The number of aromatic amines is 1. The van der Waals surface area contributed by atoms with Crippen LogP contribution in [0.3, 0.4) is 0 Å². The lowest BCUT2D eigenvalue weighted by Gasteiger charge is -2.09. The second kappa shape index (κ2) is 4.49. The summed E-state index contributed by atoms with van der Waals surface area (Å²) in [6.45, 7) is 0.688. The maximum absolute atomic E-state index is 5.47. The molecule has 2 aromatic rings. The molecule has 86 valence electrons. The highest BCUT2D eigenvalue weighted by molar-refractivity contribution is 5.73. The highest BCUT2D eigenvalue weighted by atomic mass is 15.1. The fraction of sp³-hybridized carbons (Fsp3) is 0.455. The highest BCUT2D eigenvalue weighted by Crippen LogP contribution is 2.15. The van der Waals surface area contributed by atoms with Gasteiger partial charge in [-0.25, -0.2) is 9.97 Å². The molecule has 3 N–H and O–H groups in total. The molecule has 0 unspecified atom stereocenters. The number of H-pyrrole nitrogens is 1. The van der Waals surface area contributed by atoms with Gasteiger partial charge in [-0.05, 0) is 25.1 Å². The summed E-state index contributed by atoms with van der Waals surface area (Å²) in [6, 6.07) is 3.99. The van der Waals surface area contributed by atoms with E-state index >= 15 is 0 Å². The second-order valence-corrected chi connectivity index (χ2v) is 4.01. The van der Waals surface area contributed by atoms with Crippen LogP contribution in [0.4, 0.5) is 5.82 Å². The topological polar surface area (TPSA) is 70.8 Å². The fourth-order valence-electron chi connectivity index (χ4n) is 1.57. The molecule has 0 saturated carbocycles. The summed E-state index contributed by atoms with van der Waals surface area (Å²) in [7, 11) is 3.94. The molecular weight excluding hydrogens is 202 g/mol. The van der Waals surface area contributed by atoms with Gasteiger partial charge in [0.1, 0.15) is 11.6 Å². The van der Waals surface area contributed by atoms with E-state index in [4.69, 9.17) is 5.73 Å². The molecule has 0 aliphatic rings. The number of anilines is 1. The minimum atomic E-state index is 0.688. The number of imidazole rings is 1. The molecule has 0 aliphatic carbocycles. The number of rotatable bonds is 4. The minimum Gasteiger partial charge on any atom is -0.363 e. The predicted octanol–water partition coefficient (Wildman–Crippen LogP) is 0.915. The van der Waals surface area contributed by atoms with Crippen LogP contribution in [0.1, 0.15) is 12.2 Å². The molecule has 2 aromatic heterocycles. The van der Waals surface area contributed by atoms with E-state index in [9.17, 15) is 0 Å². The number of hydrogen-bond donors (Lipinski definition) is 2. The lowest BCUT2D eigenvalue weighted by atomic mass is 10.3. The normalized spacial score (nSPS) is 10.9. The van der Waals surface area contributed by atoms with Crippen LogP contribution < -0.4 is 10.6 Å². The van der Waals surface area contributed by atoms with Crippen LogP contribution in [-0.4, -0.2) is 35.6 Å². The van der Waals surface area contributed by atoms with Crippen molar-refractivity contribution in [3.8, 4) is 0 Å². The molecule has 0 aliphatic heterocycles. The molecule has 16 heavy (non-hydrogen) atoms. The number of nitrogens with one attached hydrogen (secondary N) is 1. The summed E-state index contributed by atoms with van der Waals surface area (Å²) in [6.07, 6.45) is 1.82. The van der Waals surface area contributed by atoms with Crippen molar-refractivity contribution in [3.05, 3.63) is 18.0 Å². The molecule has 0 aromatic carbocycles. The van der Waals surface area contributed by atoms with Gasteiger partial charge in [0.25, 0.3) is 0 Å². The average molecular weight is 219 g/mol. The van der Waals surface area contributed by atoms with Crippen LogP contribution >= 0.6 is 0 Å². The van der Waals surface area contributed by atoms with Crippen LogP contribution in [0.25, 0.3) is 11.2 Å². The standard InChI is InChI=1S/C11H17N5/c1-16(2)10-6-5-8-11(15-10)14-9(13-8)4-3-7-12/h5-6H,3-4,7,12H2,1-2H3,(H,13,14,15). The van der Waals surface area contributed by atoms with E-state index in [-0.39, 0.29) is 0 Å². The second-order valence-electron chi connectivity index (χ2n) is 4.01. The van der Waals surface area contributed by atoms with Crippen LogP contribution in [-0.2, 0) is 6.42 Å². The molecular formula is C11H17N5. The zero-order chi connectivity index (χ0) is 11.5. The van der Waals surface area contributed by atoms with Gasteiger partial charge in [-0.15, -0.1) is 0 Å². The van der Waals surface area contributed by atoms with Gasteiger partial charge in [-0.3, -0.25) is 0 Å². The Morgan fingerprint density at radius 3 is 2.81 bits per heavy atom. The zero-order valence-corrected chi connectivity index (χ0v) is 9.70. The first-order chi connectivity index (χ1) is 7.70.